The van der Waals surface area contributed by atoms with Crippen molar-refractivity contribution in [1.82, 2.24) is 4.90 Å². The van der Waals surface area contributed by atoms with E-state index in [-0.39, 0.29) is 24.5 Å². The van der Waals surface area contributed by atoms with Crippen LogP contribution in [0.3, 0.4) is 0 Å². The van der Waals surface area contributed by atoms with Gasteiger partial charge in [-0.15, -0.1) is 11.3 Å². The van der Waals surface area contributed by atoms with E-state index in [4.69, 9.17) is 5.53 Å². The number of nitrogens with one attached hydrogen (secondary N) is 1. The molecule has 172 valence electrons. The highest BCUT2D eigenvalue weighted by Gasteiger charge is 2.40. The van der Waals surface area contributed by atoms with Crippen LogP contribution in [0.1, 0.15) is 10.4 Å². The first-order valence-corrected chi connectivity index (χ1v) is 10.7. The fourth-order valence-corrected chi connectivity index (χ4v) is 4.54. The summed E-state index contributed by atoms with van der Waals surface area (Å²) >= 11 is 1.48. The molecule has 0 saturated carbocycles. The van der Waals surface area contributed by atoms with Gasteiger partial charge in [0.15, 0.2) is 0 Å². The van der Waals surface area contributed by atoms with Crippen molar-refractivity contribution in [2.75, 3.05) is 25.0 Å². The van der Waals surface area contributed by atoms with E-state index in [1.54, 1.807) is 4.90 Å². The number of benzene rings is 1. The fraction of sp³-hybridized carbons (Fsp3) is 0.474. The summed E-state index contributed by atoms with van der Waals surface area (Å²) in [6.45, 7) is 0.652. The van der Waals surface area contributed by atoms with Gasteiger partial charge in [-0.25, -0.2) is 0 Å². The highest BCUT2D eigenvalue weighted by atomic mass is 32.1. The lowest BCUT2D eigenvalue weighted by molar-refractivity contribution is -0.383. The van der Waals surface area contributed by atoms with Gasteiger partial charge in [0, 0.05) is 41.2 Å². The number of nitro benzene ring substituents is 1. The van der Waals surface area contributed by atoms with Crippen LogP contribution in [0.5, 0.6) is 0 Å². The molecular formula is C19H24N6O6S. The lowest BCUT2D eigenvalue weighted by Gasteiger charge is -2.43. The lowest BCUT2D eigenvalue weighted by Crippen LogP contribution is -2.62. The van der Waals surface area contributed by atoms with Crippen LogP contribution in [-0.2, 0) is 13.0 Å². The Kier molecular flexibility index (Phi) is 7.99. The summed E-state index contributed by atoms with van der Waals surface area (Å²) in [5.74, 6) is 0. The van der Waals surface area contributed by atoms with E-state index in [0.717, 1.165) is 10.4 Å². The van der Waals surface area contributed by atoms with Crippen molar-refractivity contribution in [1.29, 1.82) is 0 Å². The van der Waals surface area contributed by atoms with Gasteiger partial charge in [0.2, 0.25) is 0 Å². The molecule has 1 aliphatic heterocycles. The lowest BCUT2D eigenvalue weighted by atomic mass is 9.94. The largest absolute Gasteiger partial charge is 0.395 e. The number of hydrogen-bond donors (Lipinski definition) is 5. The average molecular weight is 465 g/mol. The van der Waals surface area contributed by atoms with Crippen LogP contribution >= 0.6 is 11.3 Å². The first kappa shape index (κ1) is 23.9. The van der Waals surface area contributed by atoms with Crippen molar-refractivity contribution in [2.45, 2.75) is 37.3 Å². The molecule has 12 nitrogen and oxygen atoms in total. The first-order valence-electron chi connectivity index (χ1n) is 9.86. The molecule has 0 bridgehead atoms. The maximum absolute atomic E-state index is 11.3. The van der Waals surface area contributed by atoms with Crippen molar-refractivity contribution in [2.24, 2.45) is 5.11 Å². The zero-order valence-corrected chi connectivity index (χ0v) is 17.8. The van der Waals surface area contributed by atoms with Crippen LogP contribution < -0.4 is 5.32 Å². The standard InChI is InChI=1S/C19H24N6O6S/c20-23-22-12-1-2-14(15(6-12)25(30)31)21-7-13-5-11(10-32-13)3-4-24-8-17(27)19(29)18(28)16(24)9-26/h1-2,5-6,10,16-19,21,26-29H,3-4,7-9H2. The van der Waals surface area contributed by atoms with Gasteiger partial charge in [-0.3, -0.25) is 15.0 Å². The Labute approximate surface area is 187 Å². The molecule has 5 N–H and O–H groups in total. The molecule has 1 saturated heterocycles. The normalized spacial score (nSPS) is 23.5. The molecule has 1 aliphatic rings. The predicted molar refractivity (Wildman–Crippen MR) is 118 cm³/mol. The zero-order chi connectivity index (χ0) is 23.3. The molecule has 32 heavy (non-hydrogen) atoms. The Balaban J connectivity index is 1.60. The van der Waals surface area contributed by atoms with E-state index < -0.39 is 29.3 Å². The zero-order valence-electron chi connectivity index (χ0n) is 17.0. The van der Waals surface area contributed by atoms with Crippen LogP contribution in [0.2, 0.25) is 0 Å². The summed E-state index contributed by atoms with van der Waals surface area (Å²) in [4.78, 5) is 16.1. The van der Waals surface area contributed by atoms with E-state index in [2.05, 4.69) is 15.3 Å². The molecule has 0 radical (unpaired) electrons. The van der Waals surface area contributed by atoms with Crippen LogP contribution in [0.15, 0.2) is 34.8 Å². The Hall–Kier alpha value is -2.77. The number of hydrogen-bond acceptors (Lipinski definition) is 10. The van der Waals surface area contributed by atoms with Crippen LogP contribution in [0, 0.1) is 10.1 Å². The number of thiophene rings is 1. The smallest absolute Gasteiger partial charge is 0.292 e. The molecule has 1 fully saturated rings. The van der Waals surface area contributed by atoms with Crippen molar-refractivity contribution < 1.29 is 25.3 Å². The molecule has 1 aromatic carbocycles. The van der Waals surface area contributed by atoms with Crippen LogP contribution in [-0.4, -0.2) is 74.3 Å². The van der Waals surface area contributed by atoms with Gasteiger partial charge in [0.25, 0.3) is 5.69 Å². The minimum absolute atomic E-state index is 0.150. The van der Waals surface area contributed by atoms with E-state index in [1.807, 2.05) is 11.4 Å². The molecule has 0 aliphatic carbocycles. The number of rotatable bonds is 9. The van der Waals surface area contributed by atoms with E-state index in [0.29, 0.717) is 25.2 Å². The number of nitrogens with zero attached hydrogens (tertiary/aromatic N) is 5. The molecular weight excluding hydrogens is 440 g/mol. The van der Waals surface area contributed by atoms with Crippen molar-refractivity contribution in [3.63, 3.8) is 0 Å². The number of aliphatic hydroxyl groups excluding tert-OH is 4. The van der Waals surface area contributed by atoms with E-state index in [9.17, 15) is 30.5 Å². The van der Waals surface area contributed by atoms with Gasteiger partial charge >= 0.3 is 0 Å². The van der Waals surface area contributed by atoms with Gasteiger partial charge in [0.05, 0.1) is 23.7 Å². The number of azide groups is 1. The van der Waals surface area contributed by atoms with Gasteiger partial charge in [-0.1, -0.05) is 11.2 Å². The highest BCUT2D eigenvalue weighted by Crippen LogP contribution is 2.30. The van der Waals surface area contributed by atoms with Gasteiger partial charge in [0.1, 0.15) is 17.9 Å². The summed E-state index contributed by atoms with van der Waals surface area (Å²) in [5, 5.41) is 59.0. The minimum atomic E-state index is -1.29. The van der Waals surface area contributed by atoms with Crippen molar-refractivity contribution in [3.8, 4) is 0 Å². The van der Waals surface area contributed by atoms with E-state index >= 15 is 0 Å². The topological polar surface area (TPSA) is 188 Å². The maximum Gasteiger partial charge on any atom is 0.292 e. The minimum Gasteiger partial charge on any atom is -0.395 e. The summed E-state index contributed by atoms with van der Waals surface area (Å²) in [7, 11) is 0. The van der Waals surface area contributed by atoms with Crippen molar-refractivity contribution in [3.05, 3.63) is 60.6 Å². The molecule has 13 heteroatoms. The third kappa shape index (κ3) is 5.53. The summed E-state index contributed by atoms with van der Waals surface area (Å²) < 4.78 is 0. The molecule has 4 unspecified atom stereocenters. The molecule has 2 heterocycles. The SMILES string of the molecule is [N-]=[N+]=Nc1ccc(NCc2cc(CCN3CC(O)C(O)C(O)C3CO)cs2)c([N+](=O)[O-])c1. The Morgan fingerprint density at radius 3 is 2.78 bits per heavy atom. The average Bonchev–Trinajstić information content (AvgIpc) is 3.23. The maximum atomic E-state index is 11.3. The Bertz CT molecular complexity index is 996. The quantitative estimate of drug-likeness (QED) is 0.121. The van der Waals surface area contributed by atoms with Gasteiger partial charge < -0.3 is 25.7 Å². The Morgan fingerprint density at radius 1 is 1.31 bits per heavy atom. The van der Waals surface area contributed by atoms with Gasteiger partial charge in [-0.2, -0.15) is 0 Å². The Morgan fingerprint density at radius 2 is 2.09 bits per heavy atom. The number of piperidine rings is 1. The fourth-order valence-electron chi connectivity index (χ4n) is 3.67. The summed E-state index contributed by atoms with van der Waals surface area (Å²) in [5.41, 5.74) is 9.77. The number of β-amino-alcohol motifs (C(OH)–C–C–N with tert-alkyl or cyclic N) is 1. The number of aliphatic hydroxyl groups is 4. The van der Waals surface area contributed by atoms with E-state index in [1.165, 1.54) is 29.5 Å². The van der Waals surface area contributed by atoms with Crippen LogP contribution in [0.25, 0.3) is 10.4 Å². The third-order valence-corrected chi connectivity index (χ3v) is 6.39. The monoisotopic (exact) mass is 464 g/mol. The predicted octanol–water partition coefficient (Wildman–Crippen LogP) is 1.51. The number of nitro groups is 1. The number of likely N-dealkylation sites (tertiary alicyclic amines) is 1. The number of anilines is 1. The second kappa shape index (κ2) is 10.7. The van der Waals surface area contributed by atoms with Gasteiger partial charge in [-0.05, 0) is 35.0 Å². The third-order valence-electron chi connectivity index (χ3n) is 5.40. The van der Waals surface area contributed by atoms with Crippen LogP contribution in [0.4, 0.5) is 17.1 Å². The molecule has 1 aromatic heterocycles. The van der Waals surface area contributed by atoms with Crippen molar-refractivity contribution >= 4 is 28.4 Å². The second-order valence-corrected chi connectivity index (χ2v) is 8.46. The molecule has 2 aromatic rings. The molecule has 3 rings (SSSR count). The summed E-state index contributed by atoms with van der Waals surface area (Å²) in [6.07, 6.45) is -3.00. The molecule has 4 atom stereocenters. The molecule has 0 spiro atoms. The summed E-state index contributed by atoms with van der Waals surface area (Å²) in [6, 6.07) is 5.50. The first-order chi connectivity index (χ1) is 15.3. The second-order valence-electron chi connectivity index (χ2n) is 7.47. The highest BCUT2D eigenvalue weighted by molar-refractivity contribution is 7.10. The molecule has 0 amide bonds.